The molecule has 0 unspecified atom stereocenters. The molecule has 3 nitrogen and oxygen atoms in total. The molecule has 0 radical (unpaired) electrons. The number of fused-ring (bicyclic) bond motifs is 3. The van der Waals surface area contributed by atoms with Crippen LogP contribution in [0.1, 0.15) is 39.0 Å². The van der Waals surface area contributed by atoms with Crippen molar-refractivity contribution in [2.24, 2.45) is 17.3 Å². The molecule has 108 valence electrons. The molecule has 3 rings (SSSR count). The van der Waals surface area contributed by atoms with E-state index in [0.29, 0.717) is 31.5 Å². The van der Waals surface area contributed by atoms with Crippen molar-refractivity contribution in [3.05, 3.63) is 24.3 Å². The largest absolute Gasteiger partial charge is 0.347 e. The smallest absolute Gasteiger partial charge is 0.175 e. The molecule has 2 saturated carbocycles. The Labute approximate surface area is 121 Å². The Bertz CT molecular complexity index is 484. The Hall–Kier alpha value is -1.11. The van der Waals surface area contributed by atoms with Gasteiger partial charge in [0.05, 0.1) is 19.3 Å². The average molecular weight is 273 g/mol. The van der Waals surface area contributed by atoms with E-state index in [1.54, 1.807) is 0 Å². The molecule has 0 aromatic rings. The zero-order valence-corrected chi connectivity index (χ0v) is 12.3. The highest BCUT2D eigenvalue weighted by atomic mass is 16.7. The second kappa shape index (κ2) is 4.72. The van der Waals surface area contributed by atoms with Crippen molar-refractivity contribution < 1.29 is 9.47 Å². The lowest BCUT2D eigenvalue weighted by Gasteiger charge is -2.48. The van der Waals surface area contributed by atoms with E-state index in [4.69, 9.17) is 14.7 Å². The van der Waals surface area contributed by atoms with Gasteiger partial charge in [-0.2, -0.15) is 5.26 Å². The molecule has 0 aromatic heterocycles. The summed E-state index contributed by atoms with van der Waals surface area (Å²) in [5.74, 6) is 0.191. The van der Waals surface area contributed by atoms with Crippen LogP contribution in [0.2, 0.25) is 0 Å². The van der Waals surface area contributed by atoms with Crippen LogP contribution < -0.4 is 0 Å². The summed E-state index contributed by atoms with van der Waals surface area (Å²) in [5, 5.41) is 8.97. The molecule has 0 amide bonds. The molecule has 1 heterocycles. The number of ether oxygens (including phenoxy) is 2. The molecule has 1 aliphatic heterocycles. The Morgan fingerprint density at radius 3 is 2.70 bits per heavy atom. The first kappa shape index (κ1) is 13.9. The highest BCUT2D eigenvalue weighted by Gasteiger charge is 2.62. The van der Waals surface area contributed by atoms with E-state index in [1.165, 1.54) is 11.1 Å². The minimum absolute atomic E-state index is 0.157. The molecule has 3 fully saturated rings. The van der Waals surface area contributed by atoms with E-state index in [2.05, 4.69) is 26.2 Å². The third kappa shape index (κ3) is 1.86. The summed E-state index contributed by atoms with van der Waals surface area (Å²) in [6.07, 6.45) is 4.44. The molecular weight excluding hydrogens is 250 g/mol. The van der Waals surface area contributed by atoms with Crippen LogP contribution in [0.15, 0.2) is 24.3 Å². The molecule has 20 heavy (non-hydrogen) atoms. The zero-order valence-electron chi connectivity index (χ0n) is 12.3. The highest BCUT2D eigenvalue weighted by molar-refractivity contribution is 5.26. The molecule has 0 N–H and O–H groups in total. The van der Waals surface area contributed by atoms with Crippen LogP contribution >= 0.6 is 0 Å². The number of allylic oxidation sites excluding steroid dienone is 1. The summed E-state index contributed by atoms with van der Waals surface area (Å²) >= 11 is 0. The Morgan fingerprint density at radius 1 is 1.40 bits per heavy atom. The van der Waals surface area contributed by atoms with Crippen molar-refractivity contribution >= 4 is 0 Å². The summed E-state index contributed by atoms with van der Waals surface area (Å²) in [6.45, 7) is 12.0. The van der Waals surface area contributed by atoms with Gasteiger partial charge in [-0.1, -0.05) is 24.3 Å². The third-order valence-corrected chi connectivity index (χ3v) is 5.55. The van der Waals surface area contributed by atoms with Gasteiger partial charge in [-0.05, 0) is 37.5 Å². The van der Waals surface area contributed by atoms with Crippen LogP contribution in [0.3, 0.4) is 0 Å². The number of nitriles is 1. The van der Waals surface area contributed by atoms with Crippen molar-refractivity contribution in [3.8, 4) is 6.07 Å². The zero-order chi connectivity index (χ0) is 14.4. The normalized spacial score (nSPS) is 38.1. The molecule has 3 aliphatic rings. The molecular formula is C17H23NO2. The quantitative estimate of drug-likeness (QED) is 0.738. The molecule has 2 bridgehead atoms. The summed E-state index contributed by atoms with van der Waals surface area (Å²) in [7, 11) is 0. The number of rotatable bonds is 3. The SMILES string of the molecule is C=C1C[C@]2(CCC#N)C[C@H]1C1(C[C@H]2C(=C)C)OCCO1. The molecule has 0 aromatic carbocycles. The molecule has 1 spiro atoms. The van der Waals surface area contributed by atoms with E-state index >= 15 is 0 Å². The Morgan fingerprint density at radius 2 is 2.10 bits per heavy atom. The lowest BCUT2D eigenvalue weighted by atomic mass is 9.61. The first-order chi connectivity index (χ1) is 9.53. The minimum atomic E-state index is -0.465. The van der Waals surface area contributed by atoms with Crippen LogP contribution in [-0.2, 0) is 9.47 Å². The van der Waals surface area contributed by atoms with Crippen molar-refractivity contribution in [1.29, 1.82) is 5.26 Å². The fraction of sp³-hybridized carbons (Fsp3) is 0.706. The van der Waals surface area contributed by atoms with Crippen LogP contribution in [0.25, 0.3) is 0 Å². The van der Waals surface area contributed by atoms with Crippen LogP contribution in [0, 0.1) is 28.6 Å². The van der Waals surface area contributed by atoms with E-state index in [1.807, 2.05) is 0 Å². The van der Waals surface area contributed by atoms with Gasteiger partial charge in [-0.25, -0.2) is 0 Å². The van der Waals surface area contributed by atoms with Crippen molar-refractivity contribution in [1.82, 2.24) is 0 Å². The molecule has 2 aliphatic carbocycles. The van der Waals surface area contributed by atoms with Gasteiger partial charge in [-0.15, -0.1) is 0 Å². The number of hydrogen-bond acceptors (Lipinski definition) is 3. The van der Waals surface area contributed by atoms with Crippen molar-refractivity contribution in [3.63, 3.8) is 0 Å². The fourth-order valence-electron chi connectivity index (χ4n) is 4.73. The molecule has 3 atom stereocenters. The van der Waals surface area contributed by atoms with Gasteiger partial charge in [0.2, 0.25) is 0 Å². The summed E-state index contributed by atoms with van der Waals surface area (Å²) in [6, 6.07) is 2.31. The minimum Gasteiger partial charge on any atom is -0.347 e. The maximum atomic E-state index is 8.97. The highest BCUT2D eigenvalue weighted by Crippen LogP contribution is 2.64. The lowest BCUT2D eigenvalue weighted by Crippen LogP contribution is -2.48. The monoisotopic (exact) mass is 273 g/mol. The second-order valence-electron chi connectivity index (χ2n) is 6.72. The predicted molar refractivity (Wildman–Crippen MR) is 76.7 cm³/mol. The van der Waals surface area contributed by atoms with Gasteiger partial charge in [0.1, 0.15) is 0 Å². The van der Waals surface area contributed by atoms with E-state index in [0.717, 1.165) is 25.7 Å². The van der Waals surface area contributed by atoms with Gasteiger partial charge < -0.3 is 9.47 Å². The third-order valence-electron chi connectivity index (χ3n) is 5.55. The van der Waals surface area contributed by atoms with E-state index in [-0.39, 0.29) is 5.41 Å². The lowest BCUT2D eigenvalue weighted by molar-refractivity contribution is -0.218. The van der Waals surface area contributed by atoms with Crippen LogP contribution in [-0.4, -0.2) is 19.0 Å². The topological polar surface area (TPSA) is 42.2 Å². The van der Waals surface area contributed by atoms with Gasteiger partial charge in [0.25, 0.3) is 0 Å². The van der Waals surface area contributed by atoms with Crippen molar-refractivity contribution in [2.75, 3.05) is 13.2 Å². The van der Waals surface area contributed by atoms with Gasteiger partial charge in [0.15, 0.2) is 5.79 Å². The molecule has 3 heteroatoms. The van der Waals surface area contributed by atoms with Gasteiger partial charge in [0, 0.05) is 18.8 Å². The first-order valence-corrected chi connectivity index (χ1v) is 7.51. The Balaban J connectivity index is 1.96. The first-order valence-electron chi connectivity index (χ1n) is 7.51. The Kier molecular flexibility index (Phi) is 3.27. The second-order valence-corrected chi connectivity index (χ2v) is 6.72. The van der Waals surface area contributed by atoms with Crippen molar-refractivity contribution in [2.45, 2.75) is 44.8 Å². The summed E-state index contributed by atoms with van der Waals surface area (Å²) in [4.78, 5) is 0. The van der Waals surface area contributed by atoms with E-state index in [9.17, 15) is 0 Å². The average Bonchev–Trinajstić information content (AvgIpc) is 2.97. The number of nitrogens with zero attached hydrogens (tertiary/aromatic N) is 1. The van der Waals surface area contributed by atoms with Crippen LogP contribution in [0.5, 0.6) is 0 Å². The maximum Gasteiger partial charge on any atom is 0.175 e. The fourth-order valence-corrected chi connectivity index (χ4v) is 4.73. The number of hydrogen-bond donors (Lipinski definition) is 0. The van der Waals surface area contributed by atoms with Gasteiger partial charge in [-0.3, -0.25) is 0 Å². The summed E-state index contributed by atoms with van der Waals surface area (Å²) < 4.78 is 12.0. The van der Waals surface area contributed by atoms with Crippen LogP contribution in [0.4, 0.5) is 0 Å². The molecule has 1 saturated heterocycles. The van der Waals surface area contributed by atoms with Gasteiger partial charge >= 0.3 is 0 Å². The summed E-state index contributed by atoms with van der Waals surface area (Å²) in [5.41, 5.74) is 2.59. The standard InChI is InChI=1S/C17H23NO2/c1-12(2)14-11-17(19-7-8-20-17)15-10-16(14,5-4-6-18)9-13(15)3/h14-15H,1,3-5,7-11H2,2H3/t14-,15+,16+/m0/s1. The van der Waals surface area contributed by atoms with E-state index < -0.39 is 5.79 Å². The maximum absolute atomic E-state index is 8.97. The predicted octanol–water partition coefficient (Wildman–Crippen LogP) is 3.58.